The first kappa shape index (κ1) is 17.6. The van der Waals surface area contributed by atoms with Gasteiger partial charge in [0.25, 0.3) is 0 Å². The number of pyridine rings is 1. The SMILES string of the molecule is CN=C(NCCCC1CCCC1)NCc1cccc(N(C)C)n1. The molecular formula is C18H31N5. The summed E-state index contributed by atoms with van der Waals surface area (Å²) in [4.78, 5) is 10.9. The molecule has 0 bridgehead atoms. The minimum absolute atomic E-state index is 0.685. The Morgan fingerprint density at radius 1 is 1.26 bits per heavy atom. The highest BCUT2D eigenvalue weighted by atomic mass is 15.2. The Kier molecular flexibility index (Phi) is 7.17. The van der Waals surface area contributed by atoms with Crippen molar-refractivity contribution in [2.24, 2.45) is 10.9 Å². The van der Waals surface area contributed by atoms with Crippen LogP contribution in [0.15, 0.2) is 23.2 Å². The molecule has 2 rings (SSSR count). The van der Waals surface area contributed by atoms with Crippen molar-refractivity contribution in [1.82, 2.24) is 15.6 Å². The molecule has 1 fully saturated rings. The van der Waals surface area contributed by atoms with Gasteiger partial charge in [-0.25, -0.2) is 4.98 Å². The minimum Gasteiger partial charge on any atom is -0.363 e. The first-order valence-corrected chi connectivity index (χ1v) is 8.77. The smallest absolute Gasteiger partial charge is 0.191 e. The summed E-state index contributed by atoms with van der Waals surface area (Å²) in [5.41, 5.74) is 1.02. The van der Waals surface area contributed by atoms with Gasteiger partial charge in [0.2, 0.25) is 0 Å². The predicted molar refractivity (Wildman–Crippen MR) is 98.0 cm³/mol. The number of aliphatic imine (C=N–C) groups is 1. The number of rotatable bonds is 7. The third-order valence-electron chi connectivity index (χ3n) is 4.47. The van der Waals surface area contributed by atoms with Gasteiger partial charge in [-0.2, -0.15) is 0 Å². The number of hydrogen-bond donors (Lipinski definition) is 2. The number of guanidine groups is 1. The van der Waals surface area contributed by atoms with E-state index in [2.05, 4.69) is 20.6 Å². The topological polar surface area (TPSA) is 52.6 Å². The molecule has 0 spiro atoms. The number of anilines is 1. The lowest BCUT2D eigenvalue weighted by Gasteiger charge is -2.15. The van der Waals surface area contributed by atoms with Gasteiger partial charge in [-0.15, -0.1) is 0 Å². The highest BCUT2D eigenvalue weighted by molar-refractivity contribution is 5.79. The molecule has 0 saturated heterocycles. The van der Waals surface area contributed by atoms with Crippen molar-refractivity contribution in [3.05, 3.63) is 23.9 Å². The standard InChI is InChI=1S/C18H31N5/c1-19-18(20-13-7-10-15-8-4-5-9-15)21-14-16-11-6-12-17(22-16)23(2)3/h6,11-12,15H,4-5,7-10,13-14H2,1-3H3,(H2,19,20,21). The molecule has 128 valence electrons. The second kappa shape index (κ2) is 9.38. The van der Waals surface area contributed by atoms with Crippen LogP contribution in [0.2, 0.25) is 0 Å². The van der Waals surface area contributed by atoms with Gasteiger partial charge >= 0.3 is 0 Å². The predicted octanol–water partition coefficient (Wildman–Crippen LogP) is 2.78. The zero-order valence-corrected chi connectivity index (χ0v) is 14.8. The molecule has 1 aromatic rings. The Morgan fingerprint density at radius 3 is 2.74 bits per heavy atom. The molecule has 2 N–H and O–H groups in total. The number of hydrogen-bond acceptors (Lipinski definition) is 3. The summed E-state index contributed by atoms with van der Waals surface area (Å²) in [6.07, 6.45) is 8.29. The van der Waals surface area contributed by atoms with Gasteiger partial charge in [0.05, 0.1) is 12.2 Å². The Bertz CT molecular complexity index is 492. The molecule has 0 atom stereocenters. The number of nitrogens with one attached hydrogen (secondary N) is 2. The Labute approximate surface area is 140 Å². The van der Waals surface area contributed by atoms with Gasteiger partial charge < -0.3 is 15.5 Å². The lowest BCUT2D eigenvalue weighted by atomic mass is 10.0. The van der Waals surface area contributed by atoms with E-state index in [1.165, 1.54) is 38.5 Å². The molecule has 5 nitrogen and oxygen atoms in total. The summed E-state index contributed by atoms with van der Waals surface area (Å²) >= 11 is 0. The Morgan fingerprint density at radius 2 is 2.04 bits per heavy atom. The van der Waals surface area contributed by atoms with Crippen LogP contribution in [0, 0.1) is 5.92 Å². The maximum absolute atomic E-state index is 4.61. The van der Waals surface area contributed by atoms with Crippen LogP contribution in [0.1, 0.15) is 44.2 Å². The molecule has 0 unspecified atom stereocenters. The average Bonchev–Trinajstić information content (AvgIpc) is 3.08. The zero-order valence-electron chi connectivity index (χ0n) is 14.8. The summed E-state index contributed by atoms with van der Waals surface area (Å²) in [6, 6.07) is 6.09. The molecule has 5 heteroatoms. The normalized spacial score (nSPS) is 15.7. The van der Waals surface area contributed by atoms with Gasteiger partial charge in [0, 0.05) is 27.7 Å². The van der Waals surface area contributed by atoms with E-state index in [4.69, 9.17) is 0 Å². The van der Waals surface area contributed by atoms with Crippen molar-refractivity contribution >= 4 is 11.8 Å². The van der Waals surface area contributed by atoms with Crippen LogP contribution in [-0.2, 0) is 6.54 Å². The van der Waals surface area contributed by atoms with Crippen LogP contribution in [0.3, 0.4) is 0 Å². The van der Waals surface area contributed by atoms with Crippen LogP contribution in [0.5, 0.6) is 0 Å². The first-order chi connectivity index (χ1) is 11.2. The summed E-state index contributed by atoms with van der Waals surface area (Å²) < 4.78 is 0. The van der Waals surface area contributed by atoms with Crippen molar-refractivity contribution in [1.29, 1.82) is 0 Å². The van der Waals surface area contributed by atoms with Crippen LogP contribution in [-0.4, -0.2) is 38.6 Å². The van der Waals surface area contributed by atoms with Crippen molar-refractivity contribution < 1.29 is 0 Å². The van der Waals surface area contributed by atoms with E-state index in [0.717, 1.165) is 29.9 Å². The molecule has 0 aliphatic heterocycles. The fraction of sp³-hybridized carbons (Fsp3) is 0.667. The summed E-state index contributed by atoms with van der Waals surface area (Å²) in [6.45, 7) is 1.67. The molecule has 1 aliphatic carbocycles. The fourth-order valence-electron chi connectivity index (χ4n) is 3.11. The molecule has 0 radical (unpaired) electrons. The molecule has 23 heavy (non-hydrogen) atoms. The third kappa shape index (κ3) is 6.08. The lowest BCUT2D eigenvalue weighted by Crippen LogP contribution is -2.37. The van der Waals surface area contributed by atoms with Crippen LogP contribution < -0.4 is 15.5 Å². The van der Waals surface area contributed by atoms with Crippen LogP contribution in [0.25, 0.3) is 0 Å². The molecule has 1 heterocycles. The van der Waals surface area contributed by atoms with Gasteiger partial charge in [0.15, 0.2) is 5.96 Å². The number of nitrogens with zero attached hydrogens (tertiary/aromatic N) is 3. The van der Waals surface area contributed by atoms with Gasteiger partial charge in [-0.3, -0.25) is 4.99 Å². The van der Waals surface area contributed by atoms with Crippen LogP contribution in [0.4, 0.5) is 5.82 Å². The van der Waals surface area contributed by atoms with E-state index in [1.807, 2.05) is 44.2 Å². The Hall–Kier alpha value is -1.78. The monoisotopic (exact) mass is 317 g/mol. The van der Waals surface area contributed by atoms with E-state index in [9.17, 15) is 0 Å². The molecular weight excluding hydrogens is 286 g/mol. The van der Waals surface area contributed by atoms with Crippen molar-refractivity contribution in [3.63, 3.8) is 0 Å². The highest BCUT2D eigenvalue weighted by Gasteiger charge is 2.13. The van der Waals surface area contributed by atoms with E-state index >= 15 is 0 Å². The second-order valence-electron chi connectivity index (χ2n) is 6.53. The van der Waals surface area contributed by atoms with E-state index in [1.54, 1.807) is 0 Å². The highest BCUT2D eigenvalue weighted by Crippen LogP contribution is 2.28. The summed E-state index contributed by atoms with van der Waals surface area (Å²) in [7, 11) is 5.82. The minimum atomic E-state index is 0.685. The average molecular weight is 317 g/mol. The second-order valence-corrected chi connectivity index (χ2v) is 6.53. The molecule has 0 amide bonds. The summed E-state index contributed by atoms with van der Waals surface area (Å²) in [5, 5.41) is 6.74. The molecule has 1 aromatic heterocycles. The maximum Gasteiger partial charge on any atom is 0.191 e. The molecule has 1 saturated carbocycles. The van der Waals surface area contributed by atoms with E-state index in [0.29, 0.717) is 6.54 Å². The van der Waals surface area contributed by atoms with E-state index in [-0.39, 0.29) is 0 Å². The summed E-state index contributed by atoms with van der Waals surface area (Å²) in [5.74, 6) is 2.79. The Balaban J connectivity index is 1.69. The maximum atomic E-state index is 4.61. The van der Waals surface area contributed by atoms with Crippen molar-refractivity contribution in [2.75, 3.05) is 32.6 Å². The lowest BCUT2D eigenvalue weighted by molar-refractivity contribution is 0.481. The quantitative estimate of drug-likeness (QED) is 0.461. The largest absolute Gasteiger partial charge is 0.363 e. The molecule has 1 aliphatic rings. The van der Waals surface area contributed by atoms with Crippen LogP contribution >= 0.6 is 0 Å². The first-order valence-electron chi connectivity index (χ1n) is 8.77. The zero-order chi connectivity index (χ0) is 16.5. The number of aromatic nitrogens is 1. The fourth-order valence-corrected chi connectivity index (χ4v) is 3.11. The van der Waals surface area contributed by atoms with Gasteiger partial charge in [0.1, 0.15) is 5.82 Å². The van der Waals surface area contributed by atoms with Gasteiger partial charge in [-0.05, 0) is 30.9 Å². The van der Waals surface area contributed by atoms with Crippen molar-refractivity contribution in [3.8, 4) is 0 Å². The third-order valence-corrected chi connectivity index (χ3v) is 4.47. The van der Waals surface area contributed by atoms with Crippen molar-refractivity contribution in [2.45, 2.75) is 45.1 Å². The van der Waals surface area contributed by atoms with Gasteiger partial charge in [-0.1, -0.05) is 31.7 Å². The molecule has 0 aromatic carbocycles. The van der Waals surface area contributed by atoms with E-state index < -0.39 is 0 Å².